The van der Waals surface area contributed by atoms with Crippen molar-refractivity contribution >= 4 is 15.9 Å². The van der Waals surface area contributed by atoms with E-state index in [-0.39, 0.29) is 4.90 Å². The molecule has 7 heteroatoms. The van der Waals surface area contributed by atoms with Gasteiger partial charge in [-0.15, -0.1) is 0 Å². The molecule has 6 nitrogen and oxygen atoms in total. The molecule has 112 valence electrons. The molecule has 1 rings (SSSR count). The minimum Gasteiger partial charge on any atom is -0.368 e. The number of nitrogens with two attached hydrogens (primary N) is 1. The Morgan fingerprint density at radius 2 is 1.80 bits per heavy atom. The third kappa shape index (κ3) is 3.00. The van der Waals surface area contributed by atoms with Crippen molar-refractivity contribution in [2.24, 2.45) is 5.73 Å². The van der Waals surface area contributed by atoms with Gasteiger partial charge in [0.1, 0.15) is 5.54 Å². The maximum atomic E-state index is 12.0. The molecule has 0 aliphatic heterocycles. The van der Waals surface area contributed by atoms with Crippen LogP contribution in [0.25, 0.3) is 0 Å². The molecule has 0 bridgehead atoms. The van der Waals surface area contributed by atoms with Gasteiger partial charge in [0.05, 0.1) is 4.90 Å². The van der Waals surface area contributed by atoms with Crippen LogP contribution in [-0.4, -0.2) is 39.3 Å². The fraction of sp³-hybridized carbons (Fsp3) is 0.462. The van der Waals surface area contributed by atoms with E-state index in [0.29, 0.717) is 12.1 Å². The first-order valence-corrected chi connectivity index (χ1v) is 7.68. The number of sulfonamides is 1. The maximum absolute atomic E-state index is 12.0. The summed E-state index contributed by atoms with van der Waals surface area (Å²) in [6.45, 7) is 4.11. The van der Waals surface area contributed by atoms with Gasteiger partial charge in [0, 0.05) is 14.1 Å². The predicted molar refractivity (Wildman–Crippen MR) is 77.5 cm³/mol. The SMILES string of the molecule is CCNC(C)(C(N)=O)c1ccc(S(=O)(=O)N(C)C)cc1. The van der Waals surface area contributed by atoms with Crippen LogP contribution in [-0.2, 0) is 20.4 Å². The van der Waals surface area contributed by atoms with Crippen molar-refractivity contribution in [2.75, 3.05) is 20.6 Å². The molecule has 1 unspecified atom stereocenters. The van der Waals surface area contributed by atoms with Crippen LogP contribution in [0.4, 0.5) is 0 Å². The molecule has 0 heterocycles. The number of nitrogens with zero attached hydrogens (tertiary/aromatic N) is 1. The monoisotopic (exact) mass is 299 g/mol. The number of likely N-dealkylation sites (N-methyl/N-ethyl adjacent to an activating group) is 1. The van der Waals surface area contributed by atoms with Gasteiger partial charge >= 0.3 is 0 Å². The van der Waals surface area contributed by atoms with Gasteiger partial charge in [-0.25, -0.2) is 12.7 Å². The van der Waals surface area contributed by atoms with Crippen molar-refractivity contribution in [3.05, 3.63) is 29.8 Å². The average molecular weight is 299 g/mol. The van der Waals surface area contributed by atoms with Gasteiger partial charge in [-0.1, -0.05) is 19.1 Å². The first-order valence-electron chi connectivity index (χ1n) is 6.24. The largest absolute Gasteiger partial charge is 0.368 e. The highest BCUT2D eigenvalue weighted by Gasteiger charge is 2.32. The second-order valence-corrected chi connectivity index (χ2v) is 6.98. The molecule has 1 aromatic rings. The summed E-state index contributed by atoms with van der Waals surface area (Å²) in [7, 11) is -0.540. The van der Waals surface area contributed by atoms with Crippen molar-refractivity contribution < 1.29 is 13.2 Å². The molecule has 0 aromatic heterocycles. The maximum Gasteiger partial charge on any atom is 0.242 e. The number of hydrogen-bond donors (Lipinski definition) is 2. The molecule has 0 saturated heterocycles. The first-order chi connectivity index (χ1) is 9.16. The molecule has 20 heavy (non-hydrogen) atoms. The van der Waals surface area contributed by atoms with Crippen LogP contribution < -0.4 is 11.1 Å². The second-order valence-electron chi connectivity index (χ2n) is 4.83. The van der Waals surface area contributed by atoms with Gasteiger partial charge in [0.25, 0.3) is 0 Å². The van der Waals surface area contributed by atoms with Crippen molar-refractivity contribution in [1.82, 2.24) is 9.62 Å². The number of amides is 1. The molecule has 0 radical (unpaired) electrons. The zero-order chi connectivity index (χ0) is 15.6. The van der Waals surface area contributed by atoms with E-state index >= 15 is 0 Å². The number of benzene rings is 1. The third-order valence-electron chi connectivity index (χ3n) is 3.23. The molecule has 0 saturated carbocycles. The summed E-state index contributed by atoms with van der Waals surface area (Å²) in [6, 6.07) is 6.15. The number of primary amides is 1. The van der Waals surface area contributed by atoms with Crippen LogP contribution in [0.15, 0.2) is 29.2 Å². The van der Waals surface area contributed by atoms with Crippen molar-refractivity contribution in [2.45, 2.75) is 24.3 Å². The Balaban J connectivity index is 3.23. The van der Waals surface area contributed by atoms with Gasteiger partial charge in [0.2, 0.25) is 15.9 Å². The fourth-order valence-corrected chi connectivity index (χ4v) is 2.76. The van der Waals surface area contributed by atoms with Crippen molar-refractivity contribution in [3.8, 4) is 0 Å². The molecule has 0 aliphatic rings. The summed E-state index contributed by atoms with van der Waals surface area (Å²) >= 11 is 0. The topological polar surface area (TPSA) is 92.5 Å². The van der Waals surface area contributed by atoms with Crippen LogP contribution >= 0.6 is 0 Å². The highest BCUT2D eigenvalue weighted by atomic mass is 32.2. The zero-order valence-electron chi connectivity index (χ0n) is 12.2. The standard InChI is InChI=1S/C13H21N3O3S/c1-5-15-13(2,12(14)17)10-6-8-11(9-7-10)20(18,19)16(3)4/h6-9,15H,5H2,1-4H3,(H2,14,17). The Labute approximate surface area is 120 Å². The predicted octanol–water partition coefficient (Wildman–Crippen LogP) is 0.247. The van der Waals surface area contributed by atoms with Crippen molar-refractivity contribution in [3.63, 3.8) is 0 Å². The van der Waals surface area contributed by atoms with E-state index in [1.54, 1.807) is 19.1 Å². The molecule has 1 amide bonds. The van der Waals surface area contributed by atoms with Gasteiger partial charge in [-0.3, -0.25) is 4.79 Å². The quantitative estimate of drug-likeness (QED) is 0.787. The van der Waals surface area contributed by atoms with Gasteiger partial charge in [-0.2, -0.15) is 0 Å². The van der Waals surface area contributed by atoms with Crippen LogP contribution in [0, 0.1) is 0 Å². The summed E-state index contributed by atoms with van der Waals surface area (Å²) in [5, 5.41) is 3.02. The molecule has 0 fully saturated rings. The van der Waals surface area contributed by atoms with E-state index in [9.17, 15) is 13.2 Å². The molecular formula is C13H21N3O3S. The Morgan fingerprint density at radius 1 is 1.30 bits per heavy atom. The summed E-state index contributed by atoms with van der Waals surface area (Å²) in [6.07, 6.45) is 0. The van der Waals surface area contributed by atoms with E-state index in [0.717, 1.165) is 4.31 Å². The third-order valence-corrected chi connectivity index (χ3v) is 5.06. The second kappa shape index (κ2) is 5.90. The van der Waals surface area contributed by atoms with E-state index in [4.69, 9.17) is 5.73 Å². The fourth-order valence-electron chi connectivity index (χ4n) is 1.86. The van der Waals surface area contributed by atoms with Gasteiger partial charge < -0.3 is 11.1 Å². The van der Waals surface area contributed by atoms with Gasteiger partial charge in [-0.05, 0) is 31.2 Å². The van der Waals surface area contributed by atoms with Gasteiger partial charge in [0.15, 0.2) is 0 Å². The minimum absolute atomic E-state index is 0.176. The number of carbonyl (C=O) groups is 1. The van der Waals surface area contributed by atoms with E-state index in [1.165, 1.54) is 26.2 Å². The number of carbonyl (C=O) groups excluding carboxylic acids is 1. The highest BCUT2D eigenvalue weighted by Crippen LogP contribution is 2.23. The zero-order valence-corrected chi connectivity index (χ0v) is 13.0. The normalized spacial score (nSPS) is 15.1. The number of rotatable bonds is 6. The minimum atomic E-state index is -3.47. The Bertz CT molecular complexity index is 581. The van der Waals surface area contributed by atoms with Crippen LogP contribution in [0.3, 0.4) is 0 Å². The molecular weight excluding hydrogens is 278 g/mol. The lowest BCUT2D eigenvalue weighted by molar-refractivity contribution is -0.124. The first kappa shape index (κ1) is 16.6. The lowest BCUT2D eigenvalue weighted by atomic mass is 9.91. The van der Waals surface area contributed by atoms with E-state index in [2.05, 4.69) is 5.32 Å². The Morgan fingerprint density at radius 3 is 2.15 bits per heavy atom. The summed E-state index contributed by atoms with van der Waals surface area (Å²) in [4.78, 5) is 11.8. The summed E-state index contributed by atoms with van der Waals surface area (Å²) in [5.74, 6) is -0.512. The number of nitrogens with one attached hydrogen (secondary N) is 1. The summed E-state index contributed by atoms with van der Waals surface area (Å²) < 4.78 is 25.1. The van der Waals surface area contributed by atoms with Crippen molar-refractivity contribution in [1.29, 1.82) is 0 Å². The molecule has 3 N–H and O–H groups in total. The molecule has 1 atom stereocenters. The van der Waals surface area contributed by atoms with E-state index < -0.39 is 21.5 Å². The van der Waals surface area contributed by atoms with Crippen LogP contribution in [0.5, 0.6) is 0 Å². The number of hydrogen-bond acceptors (Lipinski definition) is 4. The lowest BCUT2D eigenvalue weighted by Crippen LogP contribution is -2.50. The smallest absolute Gasteiger partial charge is 0.242 e. The Hall–Kier alpha value is -1.44. The molecule has 0 aliphatic carbocycles. The molecule has 0 spiro atoms. The lowest BCUT2D eigenvalue weighted by Gasteiger charge is -2.27. The molecule has 1 aromatic carbocycles. The highest BCUT2D eigenvalue weighted by molar-refractivity contribution is 7.89. The van der Waals surface area contributed by atoms with Crippen LogP contribution in [0.2, 0.25) is 0 Å². The van der Waals surface area contributed by atoms with E-state index in [1.807, 2.05) is 6.92 Å². The van der Waals surface area contributed by atoms with Crippen LogP contribution in [0.1, 0.15) is 19.4 Å². The average Bonchev–Trinajstić information content (AvgIpc) is 2.38. The summed E-state index contributed by atoms with van der Waals surface area (Å²) in [5.41, 5.74) is 5.04. The Kier molecular flexibility index (Phi) is 4.90.